The second-order valence-electron chi connectivity index (χ2n) is 7.13. The van der Waals surface area contributed by atoms with Crippen molar-refractivity contribution in [2.75, 3.05) is 45.8 Å². The van der Waals surface area contributed by atoms with Gasteiger partial charge in [0.25, 0.3) is 10.0 Å². The van der Waals surface area contributed by atoms with Crippen molar-refractivity contribution >= 4 is 27.3 Å². The molecular formula is C20H37N5O2S2. The van der Waals surface area contributed by atoms with E-state index in [-0.39, 0.29) is 0 Å². The van der Waals surface area contributed by atoms with E-state index in [1.807, 2.05) is 19.9 Å². The summed E-state index contributed by atoms with van der Waals surface area (Å²) in [4.78, 5) is 8.33. The summed E-state index contributed by atoms with van der Waals surface area (Å²) in [5.41, 5.74) is 0. The van der Waals surface area contributed by atoms with Gasteiger partial charge in [-0.05, 0) is 51.4 Å². The van der Waals surface area contributed by atoms with E-state index in [0.717, 1.165) is 43.4 Å². The number of thiophene rings is 1. The van der Waals surface area contributed by atoms with Gasteiger partial charge >= 0.3 is 0 Å². The van der Waals surface area contributed by atoms with Crippen molar-refractivity contribution in [1.82, 2.24) is 19.8 Å². The first-order chi connectivity index (χ1) is 14.0. The van der Waals surface area contributed by atoms with Crippen LogP contribution in [0.4, 0.5) is 0 Å². The summed E-state index contributed by atoms with van der Waals surface area (Å²) in [6, 6.07) is 4.19. The second kappa shape index (κ2) is 11.9. The molecule has 1 aromatic rings. The number of sulfonamides is 1. The van der Waals surface area contributed by atoms with E-state index in [4.69, 9.17) is 4.99 Å². The lowest BCUT2D eigenvalue weighted by Gasteiger charge is -2.21. The average molecular weight is 444 g/mol. The molecule has 29 heavy (non-hydrogen) atoms. The van der Waals surface area contributed by atoms with E-state index in [1.54, 1.807) is 6.07 Å². The lowest BCUT2D eigenvalue weighted by Crippen LogP contribution is -2.40. The van der Waals surface area contributed by atoms with E-state index in [9.17, 15) is 8.42 Å². The summed E-state index contributed by atoms with van der Waals surface area (Å²) in [6.07, 6.45) is 3.25. The van der Waals surface area contributed by atoms with Crippen LogP contribution in [0.25, 0.3) is 0 Å². The molecule has 1 aliphatic heterocycles. The van der Waals surface area contributed by atoms with Gasteiger partial charge in [-0.3, -0.25) is 9.89 Å². The Kier molecular flexibility index (Phi) is 9.88. The van der Waals surface area contributed by atoms with Crippen LogP contribution in [0.15, 0.2) is 21.3 Å². The van der Waals surface area contributed by atoms with Crippen molar-refractivity contribution in [2.24, 2.45) is 4.99 Å². The predicted octanol–water partition coefficient (Wildman–Crippen LogP) is 2.36. The van der Waals surface area contributed by atoms with E-state index in [0.29, 0.717) is 23.3 Å². The lowest BCUT2D eigenvalue weighted by molar-refractivity contribution is 0.273. The third kappa shape index (κ3) is 6.67. The molecule has 1 atom stereocenters. The summed E-state index contributed by atoms with van der Waals surface area (Å²) in [6.45, 7) is 13.6. The van der Waals surface area contributed by atoms with Gasteiger partial charge in [-0.1, -0.05) is 20.8 Å². The summed E-state index contributed by atoms with van der Waals surface area (Å²) in [5.74, 6) is 0.836. The van der Waals surface area contributed by atoms with Gasteiger partial charge in [-0.25, -0.2) is 8.42 Å². The molecule has 0 aliphatic carbocycles. The number of hydrogen-bond acceptors (Lipinski definition) is 5. The number of rotatable bonds is 11. The molecule has 1 aromatic heterocycles. The molecule has 2 heterocycles. The van der Waals surface area contributed by atoms with Crippen molar-refractivity contribution in [3.05, 3.63) is 17.0 Å². The number of guanidine groups is 1. The van der Waals surface area contributed by atoms with Crippen molar-refractivity contribution in [1.29, 1.82) is 0 Å². The van der Waals surface area contributed by atoms with Crippen molar-refractivity contribution in [3.8, 4) is 0 Å². The van der Waals surface area contributed by atoms with Gasteiger partial charge in [-0.15, -0.1) is 11.3 Å². The van der Waals surface area contributed by atoms with Crippen LogP contribution in [-0.4, -0.2) is 75.4 Å². The average Bonchev–Trinajstić information content (AvgIpc) is 3.36. The predicted molar refractivity (Wildman–Crippen MR) is 122 cm³/mol. The topological polar surface area (TPSA) is 77.0 Å². The molecule has 0 saturated carbocycles. The molecule has 1 saturated heterocycles. The largest absolute Gasteiger partial charge is 0.357 e. The fourth-order valence-electron chi connectivity index (χ4n) is 3.68. The Bertz CT molecular complexity index is 744. The molecule has 7 nitrogen and oxygen atoms in total. The Labute approximate surface area is 180 Å². The van der Waals surface area contributed by atoms with Crippen LogP contribution in [0.3, 0.4) is 0 Å². The Morgan fingerprint density at radius 2 is 2.00 bits per heavy atom. The SMILES string of the molecule is CCNC(=NCC1CCCN1CC)NCCc1ccc(S(=O)(=O)N(CC)CC)s1. The zero-order valence-corrected chi connectivity index (χ0v) is 19.9. The molecule has 166 valence electrons. The van der Waals surface area contributed by atoms with Gasteiger partial charge in [-0.2, -0.15) is 4.31 Å². The molecule has 0 amide bonds. The number of nitrogens with one attached hydrogen (secondary N) is 2. The highest BCUT2D eigenvalue weighted by Gasteiger charge is 2.24. The van der Waals surface area contributed by atoms with Gasteiger partial charge in [0.05, 0.1) is 6.54 Å². The van der Waals surface area contributed by atoms with Gasteiger partial charge in [0.15, 0.2) is 5.96 Å². The quantitative estimate of drug-likeness (QED) is 0.406. The van der Waals surface area contributed by atoms with Crippen molar-refractivity contribution in [3.63, 3.8) is 0 Å². The molecule has 0 aromatic carbocycles. The van der Waals surface area contributed by atoms with Crippen LogP contribution >= 0.6 is 11.3 Å². The van der Waals surface area contributed by atoms with Crippen LogP contribution in [0, 0.1) is 0 Å². The Morgan fingerprint density at radius 3 is 2.66 bits per heavy atom. The van der Waals surface area contributed by atoms with Crippen LogP contribution in [0.1, 0.15) is 45.4 Å². The van der Waals surface area contributed by atoms with Crippen LogP contribution < -0.4 is 10.6 Å². The smallest absolute Gasteiger partial charge is 0.252 e. The number of nitrogens with zero attached hydrogens (tertiary/aromatic N) is 3. The Hall–Kier alpha value is -1.16. The van der Waals surface area contributed by atoms with Gasteiger partial charge in [0, 0.05) is 37.1 Å². The fraction of sp³-hybridized carbons (Fsp3) is 0.750. The zero-order chi connectivity index (χ0) is 21.3. The summed E-state index contributed by atoms with van der Waals surface area (Å²) in [7, 11) is -3.37. The third-order valence-corrected chi connectivity index (χ3v) is 8.97. The van der Waals surface area contributed by atoms with Gasteiger partial charge in [0.2, 0.25) is 0 Å². The monoisotopic (exact) mass is 443 g/mol. The van der Waals surface area contributed by atoms with E-state index in [2.05, 4.69) is 29.4 Å². The van der Waals surface area contributed by atoms with E-state index < -0.39 is 10.0 Å². The summed E-state index contributed by atoms with van der Waals surface area (Å²) in [5, 5.41) is 6.69. The third-order valence-electron chi connectivity index (χ3n) is 5.31. The normalized spacial score (nSPS) is 18.5. The minimum Gasteiger partial charge on any atom is -0.357 e. The summed E-state index contributed by atoms with van der Waals surface area (Å²) >= 11 is 1.36. The number of hydrogen-bond donors (Lipinski definition) is 2. The molecule has 9 heteroatoms. The van der Waals surface area contributed by atoms with Crippen LogP contribution in [-0.2, 0) is 16.4 Å². The summed E-state index contributed by atoms with van der Waals surface area (Å²) < 4.78 is 27.2. The highest BCUT2D eigenvalue weighted by Crippen LogP contribution is 2.25. The maximum absolute atomic E-state index is 12.6. The van der Waals surface area contributed by atoms with E-state index in [1.165, 1.54) is 35.0 Å². The highest BCUT2D eigenvalue weighted by atomic mass is 32.2. The molecule has 0 bridgehead atoms. The number of likely N-dealkylation sites (N-methyl/N-ethyl adjacent to an activating group) is 1. The van der Waals surface area contributed by atoms with Gasteiger partial charge in [0.1, 0.15) is 4.21 Å². The maximum Gasteiger partial charge on any atom is 0.252 e. The second-order valence-corrected chi connectivity index (χ2v) is 10.5. The zero-order valence-electron chi connectivity index (χ0n) is 18.3. The standard InChI is InChI=1S/C20H37N5O2S2/c1-5-21-20(23-16-17-10-9-15-24(17)6-2)22-14-13-18-11-12-19(28-18)29(26,27)25(7-3)8-4/h11-12,17H,5-10,13-16H2,1-4H3,(H2,21,22,23). The van der Waals surface area contributed by atoms with Crippen LogP contribution in [0.2, 0.25) is 0 Å². The maximum atomic E-state index is 12.6. The van der Waals surface area contributed by atoms with Crippen LogP contribution in [0.5, 0.6) is 0 Å². The fourth-order valence-corrected chi connectivity index (χ4v) is 6.65. The minimum absolute atomic E-state index is 0.428. The number of aliphatic imine (C=N–C) groups is 1. The molecule has 0 radical (unpaired) electrons. The van der Waals surface area contributed by atoms with Crippen molar-refractivity contribution < 1.29 is 8.42 Å². The molecular weight excluding hydrogens is 406 g/mol. The van der Waals surface area contributed by atoms with Gasteiger partial charge < -0.3 is 10.6 Å². The molecule has 2 N–H and O–H groups in total. The lowest BCUT2D eigenvalue weighted by atomic mass is 10.2. The molecule has 2 rings (SSSR count). The Balaban J connectivity index is 1.90. The first kappa shape index (κ1) is 24.1. The van der Waals surface area contributed by atoms with Crippen molar-refractivity contribution in [2.45, 2.75) is 57.2 Å². The highest BCUT2D eigenvalue weighted by molar-refractivity contribution is 7.91. The first-order valence-electron chi connectivity index (χ1n) is 10.8. The molecule has 0 spiro atoms. The molecule has 1 aliphatic rings. The minimum atomic E-state index is -3.37. The molecule has 1 unspecified atom stereocenters. The number of likely N-dealkylation sites (tertiary alicyclic amines) is 1. The Morgan fingerprint density at radius 1 is 1.24 bits per heavy atom. The first-order valence-corrected chi connectivity index (χ1v) is 13.1. The molecule has 1 fully saturated rings. The van der Waals surface area contributed by atoms with E-state index >= 15 is 0 Å².